The van der Waals surface area contributed by atoms with Gasteiger partial charge < -0.3 is 29.5 Å². The Labute approximate surface area is 279 Å². The van der Waals surface area contributed by atoms with Crippen LogP contribution < -0.4 is 14.8 Å². The molecule has 0 unspecified atom stereocenters. The van der Waals surface area contributed by atoms with Gasteiger partial charge in [0.2, 0.25) is 5.91 Å². The number of benzene rings is 3. The Morgan fingerprint density at radius 2 is 1.81 bits per heavy atom. The van der Waals surface area contributed by atoms with Gasteiger partial charge in [-0.25, -0.2) is 0 Å². The van der Waals surface area contributed by atoms with Crippen molar-refractivity contribution >= 4 is 17.5 Å². The molecule has 2 amide bonds. The molecule has 9 nitrogen and oxygen atoms in total. The zero-order valence-corrected chi connectivity index (χ0v) is 28.5. The molecule has 0 radical (unpaired) electrons. The quantitative estimate of drug-likeness (QED) is 0.287. The molecular formula is C38H51N3O6. The van der Waals surface area contributed by atoms with Gasteiger partial charge in [0.15, 0.2) is 0 Å². The van der Waals surface area contributed by atoms with E-state index >= 15 is 0 Å². The average molecular weight is 646 g/mol. The SMILES string of the molecule is COc1ccc(CN(C)C[C@@H]2OCCCC[C@H](C)Oc3ccc(NC(=O)Cc4ccccc4)cc3C(=O)N([C@H](C)CO)C[C@@H]2C)cc1. The van der Waals surface area contributed by atoms with Crippen LogP contribution in [0.5, 0.6) is 11.5 Å². The Morgan fingerprint density at radius 3 is 2.51 bits per heavy atom. The number of carbonyl (C=O) groups excluding carboxylic acids is 2. The first-order chi connectivity index (χ1) is 22.7. The number of aliphatic hydroxyl groups excluding tert-OH is 1. The predicted molar refractivity (Wildman–Crippen MR) is 185 cm³/mol. The number of nitrogens with one attached hydrogen (secondary N) is 1. The van der Waals surface area contributed by atoms with E-state index in [0.29, 0.717) is 36.7 Å². The maximum absolute atomic E-state index is 14.4. The summed E-state index contributed by atoms with van der Waals surface area (Å²) in [5.41, 5.74) is 2.94. The number of methoxy groups -OCH3 is 1. The minimum Gasteiger partial charge on any atom is -0.497 e. The molecule has 1 aliphatic rings. The second kappa shape index (κ2) is 17.8. The van der Waals surface area contributed by atoms with Crippen LogP contribution in [0.25, 0.3) is 0 Å². The second-order valence-corrected chi connectivity index (χ2v) is 12.8. The molecule has 0 saturated carbocycles. The zero-order valence-electron chi connectivity index (χ0n) is 28.5. The lowest BCUT2D eigenvalue weighted by Crippen LogP contribution is -2.47. The largest absolute Gasteiger partial charge is 0.497 e. The van der Waals surface area contributed by atoms with Gasteiger partial charge in [-0.1, -0.05) is 49.4 Å². The number of ether oxygens (including phenoxy) is 3. The molecule has 0 fully saturated rings. The highest BCUT2D eigenvalue weighted by Crippen LogP contribution is 2.29. The van der Waals surface area contributed by atoms with Gasteiger partial charge in [0, 0.05) is 37.8 Å². The Bertz CT molecular complexity index is 1420. The van der Waals surface area contributed by atoms with E-state index in [1.807, 2.05) is 56.3 Å². The van der Waals surface area contributed by atoms with Gasteiger partial charge >= 0.3 is 0 Å². The van der Waals surface area contributed by atoms with E-state index in [4.69, 9.17) is 14.2 Å². The molecule has 1 aliphatic heterocycles. The van der Waals surface area contributed by atoms with Gasteiger partial charge in [-0.2, -0.15) is 0 Å². The third-order valence-corrected chi connectivity index (χ3v) is 8.65. The molecule has 0 aromatic heterocycles. The van der Waals surface area contributed by atoms with Crippen molar-refractivity contribution in [2.24, 2.45) is 5.92 Å². The average Bonchev–Trinajstić information content (AvgIpc) is 3.06. The summed E-state index contributed by atoms with van der Waals surface area (Å²) < 4.78 is 18.1. The number of amides is 2. The first kappa shape index (κ1) is 35.9. The van der Waals surface area contributed by atoms with Gasteiger partial charge in [0.05, 0.1) is 44.0 Å². The third kappa shape index (κ3) is 10.8. The van der Waals surface area contributed by atoms with Crippen molar-refractivity contribution in [3.8, 4) is 11.5 Å². The van der Waals surface area contributed by atoms with Crippen molar-refractivity contribution in [3.05, 3.63) is 89.5 Å². The van der Waals surface area contributed by atoms with Gasteiger partial charge in [0.1, 0.15) is 11.5 Å². The van der Waals surface area contributed by atoms with E-state index in [-0.39, 0.29) is 43.0 Å². The summed E-state index contributed by atoms with van der Waals surface area (Å²) in [5.74, 6) is 0.820. The number of fused-ring (bicyclic) bond motifs is 1. The summed E-state index contributed by atoms with van der Waals surface area (Å²) >= 11 is 0. The first-order valence-corrected chi connectivity index (χ1v) is 16.7. The van der Waals surface area contributed by atoms with Crippen molar-refractivity contribution in [1.29, 1.82) is 0 Å². The molecule has 0 saturated heterocycles. The molecule has 0 spiro atoms. The van der Waals surface area contributed by atoms with Crippen LogP contribution in [0.3, 0.4) is 0 Å². The van der Waals surface area contributed by atoms with Crippen molar-refractivity contribution in [1.82, 2.24) is 9.80 Å². The molecule has 47 heavy (non-hydrogen) atoms. The van der Waals surface area contributed by atoms with Crippen LogP contribution in [-0.4, -0.2) is 85.4 Å². The topological polar surface area (TPSA) is 101 Å². The van der Waals surface area contributed by atoms with E-state index in [0.717, 1.165) is 37.1 Å². The molecule has 2 N–H and O–H groups in total. The van der Waals surface area contributed by atoms with E-state index < -0.39 is 6.04 Å². The predicted octanol–water partition coefficient (Wildman–Crippen LogP) is 5.80. The highest BCUT2D eigenvalue weighted by molar-refractivity contribution is 6.00. The number of nitrogens with zero attached hydrogens (tertiary/aromatic N) is 2. The Hall–Kier alpha value is -3.92. The molecule has 0 aliphatic carbocycles. The number of rotatable bonds is 10. The lowest BCUT2D eigenvalue weighted by molar-refractivity contribution is -0.115. The summed E-state index contributed by atoms with van der Waals surface area (Å²) in [6.45, 7) is 8.16. The van der Waals surface area contributed by atoms with Crippen LogP contribution in [0.1, 0.15) is 61.5 Å². The number of aliphatic hydroxyl groups is 1. The van der Waals surface area contributed by atoms with Crippen LogP contribution in [0.4, 0.5) is 5.69 Å². The highest BCUT2D eigenvalue weighted by Gasteiger charge is 2.30. The standard InChI is InChI=1S/C38H51N3O6/c1-27-23-41(28(2)26-42)38(44)34-22-32(39-37(43)21-30-12-7-6-8-13-30)16-19-35(34)47-29(3)11-9-10-20-46-36(27)25-40(4)24-31-14-17-33(45-5)18-15-31/h6-8,12-19,22,27-29,36,42H,9-11,20-21,23-26H2,1-5H3,(H,39,43)/t27-,28+,29-,36-/m0/s1. The van der Waals surface area contributed by atoms with E-state index in [1.54, 1.807) is 30.2 Å². The maximum atomic E-state index is 14.4. The summed E-state index contributed by atoms with van der Waals surface area (Å²) in [6.07, 6.45) is 2.58. The molecule has 3 aromatic rings. The van der Waals surface area contributed by atoms with Gasteiger partial charge in [-0.15, -0.1) is 0 Å². The fourth-order valence-corrected chi connectivity index (χ4v) is 5.86. The van der Waals surface area contributed by atoms with Crippen LogP contribution in [0.2, 0.25) is 0 Å². The lowest BCUT2D eigenvalue weighted by atomic mass is 10.0. The first-order valence-electron chi connectivity index (χ1n) is 16.7. The Kier molecular flexibility index (Phi) is 13.6. The summed E-state index contributed by atoms with van der Waals surface area (Å²) in [4.78, 5) is 31.2. The van der Waals surface area contributed by atoms with Crippen LogP contribution in [0.15, 0.2) is 72.8 Å². The van der Waals surface area contributed by atoms with Crippen molar-refractivity contribution in [2.75, 3.05) is 45.8 Å². The summed E-state index contributed by atoms with van der Waals surface area (Å²) in [5, 5.41) is 13.2. The third-order valence-electron chi connectivity index (χ3n) is 8.65. The number of hydrogen-bond acceptors (Lipinski definition) is 7. The maximum Gasteiger partial charge on any atom is 0.258 e. The number of hydrogen-bond donors (Lipinski definition) is 2. The second-order valence-electron chi connectivity index (χ2n) is 12.8. The molecule has 254 valence electrons. The minimum atomic E-state index is -0.447. The molecule has 4 rings (SSSR count). The van der Waals surface area contributed by atoms with Gasteiger partial charge in [-0.05, 0) is 81.6 Å². The van der Waals surface area contributed by atoms with Crippen molar-refractivity contribution in [3.63, 3.8) is 0 Å². The van der Waals surface area contributed by atoms with Crippen molar-refractivity contribution in [2.45, 2.75) is 71.2 Å². The fourth-order valence-electron chi connectivity index (χ4n) is 5.86. The molecular weight excluding hydrogens is 594 g/mol. The van der Waals surface area contributed by atoms with E-state index in [2.05, 4.69) is 36.3 Å². The smallest absolute Gasteiger partial charge is 0.258 e. The number of likely N-dealkylation sites (N-methyl/N-ethyl adjacent to an activating group) is 1. The highest BCUT2D eigenvalue weighted by atomic mass is 16.5. The van der Waals surface area contributed by atoms with Gasteiger partial charge in [-0.3, -0.25) is 14.5 Å². The molecule has 1 heterocycles. The van der Waals surface area contributed by atoms with Crippen molar-refractivity contribution < 1.29 is 28.9 Å². The van der Waals surface area contributed by atoms with Crippen LogP contribution in [-0.2, 0) is 22.5 Å². The summed E-state index contributed by atoms with van der Waals surface area (Å²) in [7, 11) is 3.74. The zero-order chi connectivity index (χ0) is 33.8. The lowest BCUT2D eigenvalue weighted by Gasteiger charge is -2.36. The number of carbonyl (C=O) groups is 2. The summed E-state index contributed by atoms with van der Waals surface area (Å²) in [6, 6.07) is 22.4. The van der Waals surface area contributed by atoms with Crippen LogP contribution >= 0.6 is 0 Å². The molecule has 9 heteroatoms. The minimum absolute atomic E-state index is 0.0359. The van der Waals surface area contributed by atoms with E-state index in [9.17, 15) is 14.7 Å². The monoisotopic (exact) mass is 645 g/mol. The van der Waals surface area contributed by atoms with Crippen LogP contribution in [0, 0.1) is 5.92 Å². The Balaban J connectivity index is 1.57. The fraction of sp³-hybridized carbons (Fsp3) is 0.474. The molecule has 4 atom stereocenters. The Morgan fingerprint density at radius 1 is 1.06 bits per heavy atom. The van der Waals surface area contributed by atoms with E-state index in [1.165, 1.54) is 5.56 Å². The normalized spacial score (nSPS) is 20.1. The number of anilines is 1. The molecule has 3 aromatic carbocycles. The van der Waals surface area contributed by atoms with Gasteiger partial charge in [0.25, 0.3) is 5.91 Å². The molecule has 0 bridgehead atoms.